The van der Waals surface area contributed by atoms with Gasteiger partial charge >= 0.3 is 11.9 Å². The molecule has 0 saturated heterocycles. The molecule has 5 heteroatoms. The fourth-order valence-electron chi connectivity index (χ4n) is 2.35. The maximum absolute atomic E-state index is 12.0. The molecule has 2 rings (SSSR count). The number of benzene rings is 2. The highest BCUT2D eigenvalue weighted by Crippen LogP contribution is 2.12. The highest BCUT2D eigenvalue weighted by Gasteiger charge is 2.14. The summed E-state index contributed by atoms with van der Waals surface area (Å²) in [5, 5.41) is 0. The normalized spacial score (nSPS) is 11.8. The molecule has 2 aromatic carbocycles. The first-order valence-electron chi connectivity index (χ1n) is 8.39. The van der Waals surface area contributed by atoms with Crippen LogP contribution in [0, 0.1) is 0 Å². The third-order valence-electron chi connectivity index (χ3n) is 3.69. The third kappa shape index (κ3) is 6.56. The van der Waals surface area contributed by atoms with Crippen LogP contribution in [0.15, 0.2) is 71.8 Å². The van der Waals surface area contributed by atoms with Gasteiger partial charge in [0.1, 0.15) is 0 Å². The topological polar surface area (TPSA) is 61.8 Å². The summed E-state index contributed by atoms with van der Waals surface area (Å²) < 4.78 is 15.2. The molecule has 5 nitrogen and oxygen atoms in total. The Balaban J connectivity index is 2.11. The van der Waals surface area contributed by atoms with E-state index in [0.29, 0.717) is 11.1 Å². The average molecular weight is 366 g/mol. The summed E-state index contributed by atoms with van der Waals surface area (Å²) in [5.41, 5.74) is 2.42. The molecule has 0 spiro atoms. The number of rotatable bonds is 8. The van der Waals surface area contributed by atoms with Gasteiger partial charge in [0.25, 0.3) is 0 Å². The highest BCUT2D eigenvalue weighted by molar-refractivity contribution is 5.94. The van der Waals surface area contributed by atoms with E-state index in [-0.39, 0.29) is 13.2 Å². The van der Waals surface area contributed by atoms with Gasteiger partial charge in [0.15, 0.2) is 0 Å². The van der Waals surface area contributed by atoms with Crippen molar-refractivity contribution in [1.29, 1.82) is 0 Å². The zero-order valence-electron chi connectivity index (χ0n) is 15.4. The summed E-state index contributed by atoms with van der Waals surface area (Å²) >= 11 is 0. The van der Waals surface area contributed by atoms with Crippen LogP contribution >= 0.6 is 0 Å². The largest absolute Gasteiger partial charge is 0.466 e. The molecular formula is C22H22O5. The van der Waals surface area contributed by atoms with Crippen LogP contribution < -0.4 is 0 Å². The summed E-state index contributed by atoms with van der Waals surface area (Å²) in [6.45, 7) is 0.00931. The van der Waals surface area contributed by atoms with Crippen LogP contribution in [-0.2, 0) is 23.8 Å². The summed E-state index contributed by atoms with van der Waals surface area (Å²) in [6, 6.07) is 18.8. The van der Waals surface area contributed by atoms with Gasteiger partial charge in [0, 0.05) is 0 Å². The Hall–Kier alpha value is -3.18. The first-order chi connectivity index (χ1) is 13.1. The molecule has 0 N–H and O–H groups in total. The lowest BCUT2D eigenvalue weighted by molar-refractivity contribution is -0.136. The summed E-state index contributed by atoms with van der Waals surface area (Å²) in [6.07, 6.45) is 3.40. The minimum absolute atomic E-state index is 0.00465. The van der Waals surface area contributed by atoms with E-state index in [1.165, 1.54) is 14.2 Å². The van der Waals surface area contributed by atoms with Gasteiger partial charge in [0.05, 0.1) is 38.6 Å². The molecule has 0 aliphatic rings. The minimum atomic E-state index is -0.481. The zero-order valence-corrected chi connectivity index (χ0v) is 15.4. The van der Waals surface area contributed by atoms with Crippen molar-refractivity contribution in [2.24, 2.45) is 0 Å². The maximum atomic E-state index is 12.0. The Kier molecular flexibility index (Phi) is 8.00. The van der Waals surface area contributed by atoms with Crippen LogP contribution in [0.5, 0.6) is 0 Å². The molecule has 27 heavy (non-hydrogen) atoms. The van der Waals surface area contributed by atoms with Gasteiger partial charge in [-0.15, -0.1) is 0 Å². The number of ether oxygens (including phenoxy) is 3. The lowest BCUT2D eigenvalue weighted by Gasteiger charge is -2.09. The van der Waals surface area contributed by atoms with Crippen molar-refractivity contribution in [3.05, 3.63) is 82.9 Å². The quantitative estimate of drug-likeness (QED) is 0.528. The minimum Gasteiger partial charge on any atom is -0.466 e. The van der Waals surface area contributed by atoms with E-state index >= 15 is 0 Å². The van der Waals surface area contributed by atoms with Crippen LogP contribution in [0.25, 0.3) is 12.2 Å². The van der Waals surface area contributed by atoms with Gasteiger partial charge < -0.3 is 14.2 Å². The molecule has 0 amide bonds. The highest BCUT2D eigenvalue weighted by atomic mass is 16.5. The van der Waals surface area contributed by atoms with Crippen molar-refractivity contribution in [2.45, 2.75) is 0 Å². The summed E-state index contributed by atoms with van der Waals surface area (Å²) in [4.78, 5) is 24.0. The Morgan fingerprint density at radius 3 is 1.41 bits per heavy atom. The molecule has 0 atom stereocenters. The van der Waals surface area contributed by atoms with Crippen LogP contribution in [0.1, 0.15) is 11.1 Å². The second-order valence-corrected chi connectivity index (χ2v) is 5.64. The maximum Gasteiger partial charge on any atom is 0.336 e. The van der Waals surface area contributed by atoms with E-state index in [1.54, 1.807) is 12.2 Å². The predicted molar refractivity (Wildman–Crippen MR) is 104 cm³/mol. The molecule has 2 aromatic rings. The van der Waals surface area contributed by atoms with Gasteiger partial charge in [-0.25, -0.2) is 9.59 Å². The van der Waals surface area contributed by atoms with Crippen LogP contribution in [0.3, 0.4) is 0 Å². The number of methoxy groups -OCH3 is 2. The Morgan fingerprint density at radius 2 is 1.07 bits per heavy atom. The van der Waals surface area contributed by atoms with E-state index in [9.17, 15) is 9.59 Å². The third-order valence-corrected chi connectivity index (χ3v) is 3.69. The average Bonchev–Trinajstić information content (AvgIpc) is 2.72. The van der Waals surface area contributed by atoms with Crippen molar-refractivity contribution >= 4 is 24.1 Å². The first kappa shape index (κ1) is 20.1. The van der Waals surface area contributed by atoms with E-state index < -0.39 is 11.9 Å². The Bertz CT molecular complexity index is 738. The van der Waals surface area contributed by atoms with E-state index in [1.807, 2.05) is 60.7 Å². The predicted octanol–water partition coefficient (Wildman–Crippen LogP) is 3.52. The Labute approximate surface area is 158 Å². The molecule has 0 aliphatic carbocycles. The van der Waals surface area contributed by atoms with Crippen LogP contribution in [0.4, 0.5) is 0 Å². The number of esters is 2. The fraction of sp³-hybridized carbons (Fsp3) is 0.182. The summed E-state index contributed by atoms with van der Waals surface area (Å²) in [5.74, 6) is -0.962. The molecule has 0 saturated carbocycles. The molecule has 0 radical (unpaired) electrons. The number of carbonyl (C=O) groups excluding carboxylic acids is 2. The number of hydrogen-bond donors (Lipinski definition) is 0. The van der Waals surface area contributed by atoms with Crippen molar-refractivity contribution in [2.75, 3.05) is 27.4 Å². The van der Waals surface area contributed by atoms with Gasteiger partial charge in [-0.1, -0.05) is 60.7 Å². The second kappa shape index (κ2) is 10.7. The molecule has 140 valence electrons. The molecule has 0 unspecified atom stereocenters. The smallest absolute Gasteiger partial charge is 0.336 e. The molecular weight excluding hydrogens is 344 g/mol. The molecule has 0 bridgehead atoms. The van der Waals surface area contributed by atoms with Crippen molar-refractivity contribution in [1.82, 2.24) is 0 Å². The van der Waals surface area contributed by atoms with E-state index in [4.69, 9.17) is 14.2 Å². The fourth-order valence-corrected chi connectivity index (χ4v) is 2.35. The van der Waals surface area contributed by atoms with E-state index in [0.717, 1.165) is 11.1 Å². The molecule has 0 aliphatic heterocycles. The zero-order chi connectivity index (χ0) is 19.5. The van der Waals surface area contributed by atoms with E-state index in [2.05, 4.69) is 0 Å². The van der Waals surface area contributed by atoms with Crippen LogP contribution in [0.2, 0.25) is 0 Å². The number of hydrogen-bond acceptors (Lipinski definition) is 5. The number of carbonyl (C=O) groups is 2. The monoisotopic (exact) mass is 366 g/mol. The lowest BCUT2D eigenvalue weighted by atomic mass is 10.1. The van der Waals surface area contributed by atoms with Gasteiger partial charge in [-0.3, -0.25) is 0 Å². The second-order valence-electron chi connectivity index (χ2n) is 5.64. The lowest BCUT2D eigenvalue weighted by Crippen LogP contribution is -2.15. The molecule has 0 fully saturated rings. The Morgan fingerprint density at radius 1 is 0.704 bits per heavy atom. The first-order valence-corrected chi connectivity index (χ1v) is 8.39. The SMILES string of the molecule is COC(=O)C(=Cc1ccccc1)COCC(=Cc1ccccc1)C(=O)OC. The molecule has 0 heterocycles. The van der Waals surface area contributed by atoms with Gasteiger partial charge in [-0.2, -0.15) is 0 Å². The van der Waals surface area contributed by atoms with Gasteiger partial charge in [0.2, 0.25) is 0 Å². The standard InChI is InChI=1S/C22H22O5/c1-25-21(23)19(13-17-9-5-3-6-10-17)15-27-16-20(22(24)26-2)14-18-11-7-4-8-12-18/h3-14H,15-16H2,1-2H3. The van der Waals surface area contributed by atoms with Crippen molar-refractivity contribution < 1.29 is 23.8 Å². The van der Waals surface area contributed by atoms with Crippen molar-refractivity contribution in [3.63, 3.8) is 0 Å². The van der Waals surface area contributed by atoms with Gasteiger partial charge in [-0.05, 0) is 23.3 Å². The summed E-state index contributed by atoms with van der Waals surface area (Å²) in [7, 11) is 2.63. The molecule has 0 aromatic heterocycles. The van der Waals surface area contributed by atoms with Crippen molar-refractivity contribution in [3.8, 4) is 0 Å². The van der Waals surface area contributed by atoms with Crippen LogP contribution in [-0.4, -0.2) is 39.4 Å².